The molecule has 3 fully saturated rings. The lowest BCUT2D eigenvalue weighted by molar-refractivity contribution is -0.144. The minimum atomic E-state index is -1.06. The summed E-state index contributed by atoms with van der Waals surface area (Å²) in [7, 11) is 1.88. The molecule has 4 aliphatic rings. The smallest absolute Gasteiger partial charge is 0.408 e. The van der Waals surface area contributed by atoms with Gasteiger partial charge in [-0.15, -0.1) is 0 Å². The van der Waals surface area contributed by atoms with Crippen molar-refractivity contribution in [2.24, 2.45) is 10.6 Å². The van der Waals surface area contributed by atoms with Crippen LogP contribution in [0.2, 0.25) is 5.02 Å². The monoisotopic (exact) mass is 714 g/mol. The maximum atomic E-state index is 14.5. The number of amidine groups is 1. The van der Waals surface area contributed by atoms with Crippen LogP contribution in [-0.4, -0.2) is 94.7 Å². The number of halogens is 1. The second kappa shape index (κ2) is 15.6. The van der Waals surface area contributed by atoms with Crippen molar-refractivity contribution in [3.63, 3.8) is 0 Å². The average Bonchev–Trinajstić information content (AvgIpc) is 3.40. The van der Waals surface area contributed by atoms with E-state index in [1.54, 1.807) is 6.07 Å². The fourth-order valence-electron chi connectivity index (χ4n) is 6.91. The van der Waals surface area contributed by atoms with Crippen LogP contribution in [0.25, 0.3) is 0 Å². The van der Waals surface area contributed by atoms with E-state index in [-0.39, 0.29) is 31.5 Å². The summed E-state index contributed by atoms with van der Waals surface area (Å²) in [5.41, 5.74) is -0.805. The fourth-order valence-corrected chi connectivity index (χ4v) is 7.12. The zero-order valence-corrected chi connectivity index (χ0v) is 30.5. The maximum absolute atomic E-state index is 14.5. The molecule has 2 aliphatic carbocycles. The van der Waals surface area contributed by atoms with Gasteiger partial charge in [0.05, 0.1) is 19.0 Å². The van der Waals surface area contributed by atoms with Crippen LogP contribution in [0.4, 0.5) is 4.79 Å². The van der Waals surface area contributed by atoms with E-state index in [1.165, 1.54) is 4.90 Å². The van der Waals surface area contributed by atoms with E-state index >= 15 is 0 Å². The first-order valence-corrected chi connectivity index (χ1v) is 18.2. The van der Waals surface area contributed by atoms with Crippen LogP contribution in [0.5, 0.6) is 0 Å². The number of hydrogen-bond donors (Lipinski definition) is 3. The van der Waals surface area contributed by atoms with Gasteiger partial charge < -0.3 is 35.3 Å². The van der Waals surface area contributed by atoms with Gasteiger partial charge in [0.15, 0.2) is 5.60 Å². The molecule has 2 aliphatic heterocycles. The highest BCUT2D eigenvalue weighted by Crippen LogP contribution is 2.39. The zero-order valence-electron chi connectivity index (χ0n) is 29.8. The summed E-state index contributed by atoms with van der Waals surface area (Å²) in [5.74, 6) is -1.86. The predicted molar refractivity (Wildman–Crippen MR) is 187 cm³/mol. The van der Waals surface area contributed by atoms with Crippen molar-refractivity contribution in [1.82, 2.24) is 25.8 Å². The molecular weight excluding hydrogens is 664 g/mol. The van der Waals surface area contributed by atoms with Gasteiger partial charge in [0.1, 0.15) is 24.0 Å². The minimum Gasteiger partial charge on any atom is -0.446 e. The van der Waals surface area contributed by atoms with E-state index in [0.29, 0.717) is 30.2 Å². The summed E-state index contributed by atoms with van der Waals surface area (Å²) >= 11 is 6.20. The SMILES string of the molecule is CCC[C@H](NC(=O)[C@@H]1C[C@]2(CC(N(C)Cc3cccc(Cl)c3)=NO2)CN1C(=O)[C@@H](NC(=O)OC1CCCC1)C(C)(C)C)C(=O)C(=O)NC1CC1. The highest BCUT2D eigenvalue weighted by molar-refractivity contribution is 6.38. The molecule has 4 atom stereocenters. The lowest BCUT2D eigenvalue weighted by Crippen LogP contribution is -2.59. The van der Waals surface area contributed by atoms with Gasteiger partial charge in [-0.2, -0.15) is 0 Å². The van der Waals surface area contributed by atoms with Gasteiger partial charge in [0.25, 0.3) is 5.91 Å². The number of benzene rings is 1. The van der Waals surface area contributed by atoms with Crippen LogP contribution in [0.15, 0.2) is 29.4 Å². The number of likely N-dealkylation sites (tertiary alicyclic amines) is 1. The first-order valence-electron chi connectivity index (χ1n) is 17.8. The van der Waals surface area contributed by atoms with Crippen LogP contribution < -0.4 is 16.0 Å². The van der Waals surface area contributed by atoms with Gasteiger partial charge in [0, 0.05) is 31.1 Å². The Morgan fingerprint density at radius 1 is 1.12 bits per heavy atom. The summed E-state index contributed by atoms with van der Waals surface area (Å²) in [6, 6.07) is 4.34. The van der Waals surface area contributed by atoms with Gasteiger partial charge in [-0.1, -0.05) is 63.0 Å². The number of ketones is 1. The highest BCUT2D eigenvalue weighted by atomic mass is 35.5. The third-order valence-electron chi connectivity index (χ3n) is 9.86. The van der Waals surface area contributed by atoms with Crippen LogP contribution in [0.3, 0.4) is 0 Å². The number of oxime groups is 1. The number of alkyl carbamates (subject to hydrolysis) is 1. The molecule has 50 heavy (non-hydrogen) atoms. The molecule has 2 heterocycles. The van der Waals surface area contributed by atoms with Crippen LogP contribution in [0, 0.1) is 5.41 Å². The Morgan fingerprint density at radius 2 is 1.84 bits per heavy atom. The molecule has 13 nitrogen and oxygen atoms in total. The number of ether oxygens (including phenoxy) is 1. The van der Waals surface area contributed by atoms with Crippen LogP contribution >= 0.6 is 11.6 Å². The van der Waals surface area contributed by atoms with Crippen molar-refractivity contribution >= 4 is 47.0 Å². The zero-order chi connectivity index (χ0) is 36.2. The minimum absolute atomic E-state index is 0.0138. The van der Waals surface area contributed by atoms with Crippen molar-refractivity contribution in [3.8, 4) is 0 Å². The number of nitrogens with one attached hydrogen (secondary N) is 3. The van der Waals surface area contributed by atoms with E-state index in [1.807, 2.05) is 57.8 Å². The standard InChI is InChI=1S/C36H51ClN6O7/c1-6-10-26(29(44)32(46)38-24-15-16-24)39-31(45)27-18-36(19-28(41-50-36)42(5)20-22-11-9-12-23(37)17-22)21-43(27)33(47)30(35(2,3)4)40-34(48)49-25-13-7-8-14-25/h9,11-12,17,24-27,30H,6-8,10,13-16,18-21H2,1-5H3,(H,38,46)(H,39,45)(H,40,48)/t26-,27-,30+,36-/m0/s1. The molecule has 0 bridgehead atoms. The molecule has 1 spiro atoms. The summed E-state index contributed by atoms with van der Waals surface area (Å²) in [6.07, 6.45) is 5.49. The number of hydrogen-bond acceptors (Lipinski definition) is 9. The van der Waals surface area contributed by atoms with Gasteiger partial charge in [-0.3, -0.25) is 19.2 Å². The lowest BCUT2D eigenvalue weighted by Gasteiger charge is -2.35. The molecule has 274 valence electrons. The second-order valence-corrected chi connectivity index (χ2v) is 15.8. The maximum Gasteiger partial charge on any atom is 0.408 e. The third-order valence-corrected chi connectivity index (χ3v) is 10.1. The van der Waals surface area contributed by atoms with Crippen molar-refractivity contribution in [3.05, 3.63) is 34.9 Å². The highest BCUT2D eigenvalue weighted by Gasteiger charge is 2.56. The largest absolute Gasteiger partial charge is 0.446 e. The number of rotatable bonds is 12. The molecule has 0 aromatic heterocycles. The third kappa shape index (κ3) is 9.26. The molecule has 0 unspecified atom stereocenters. The first-order chi connectivity index (χ1) is 23.7. The van der Waals surface area contributed by atoms with E-state index < -0.39 is 58.7 Å². The van der Waals surface area contributed by atoms with Gasteiger partial charge in [-0.05, 0) is 68.1 Å². The number of carbonyl (C=O) groups is 5. The molecule has 3 N–H and O–H groups in total. The molecule has 1 saturated heterocycles. The second-order valence-electron chi connectivity index (χ2n) is 15.3. The van der Waals surface area contributed by atoms with Gasteiger partial charge in [-0.25, -0.2) is 4.79 Å². The van der Waals surface area contributed by atoms with E-state index in [4.69, 9.17) is 21.2 Å². The molecule has 0 radical (unpaired) electrons. The molecule has 1 aromatic carbocycles. The molecule has 2 saturated carbocycles. The quantitative estimate of drug-likeness (QED) is 0.274. The fraction of sp³-hybridized carbons (Fsp3) is 0.667. The van der Waals surface area contributed by atoms with E-state index in [2.05, 4.69) is 21.1 Å². The normalized spacial score (nSPS) is 23.1. The van der Waals surface area contributed by atoms with Crippen molar-refractivity contribution in [1.29, 1.82) is 0 Å². The first kappa shape index (κ1) is 37.4. The lowest BCUT2D eigenvalue weighted by atomic mass is 9.85. The van der Waals surface area contributed by atoms with E-state index in [0.717, 1.165) is 44.1 Å². The predicted octanol–water partition coefficient (Wildman–Crippen LogP) is 4.06. The molecule has 14 heteroatoms. The van der Waals surface area contributed by atoms with Crippen LogP contribution in [-0.2, 0) is 35.3 Å². The number of amides is 4. The van der Waals surface area contributed by atoms with Gasteiger partial charge in [0.2, 0.25) is 17.6 Å². The Balaban J connectivity index is 1.36. The Hall–Kier alpha value is -3.87. The number of carbonyl (C=O) groups excluding carboxylic acids is 5. The van der Waals surface area contributed by atoms with E-state index in [9.17, 15) is 24.0 Å². The Kier molecular flexibility index (Phi) is 11.6. The summed E-state index contributed by atoms with van der Waals surface area (Å²) in [4.78, 5) is 77.0. The van der Waals surface area contributed by atoms with Crippen LogP contribution in [0.1, 0.15) is 97.5 Å². The molecule has 4 amide bonds. The summed E-state index contributed by atoms with van der Waals surface area (Å²) < 4.78 is 5.64. The number of Topliss-reactive ketones (excluding diaryl/α,β-unsaturated/α-hetero) is 1. The Morgan fingerprint density at radius 3 is 2.48 bits per heavy atom. The Bertz CT molecular complexity index is 1490. The molecule has 5 rings (SSSR count). The summed E-state index contributed by atoms with van der Waals surface area (Å²) in [6.45, 7) is 7.88. The van der Waals surface area contributed by atoms with Gasteiger partial charge >= 0.3 is 6.09 Å². The van der Waals surface area contributed by atoms with Crippen molar-refractivity contribution in [2.75, 3.05) is 13.6 Å². The Labute approximate surface area is 299 Å². The molecule has 1 aromatic rings. The van der Waals surface area contributed by atoms with Crippen molar-refractivity contribution in [2.45, 2.75) is 134 Å². The average molecular weight is 715 g/mol. The topological polar surface area (TPSA) is 159 Å². The number of nitrogens with zero attached hydrogens (tertiary/aromatic N) is 3. The molecular formula is C36H51ClN6O7. The summed E-state index contributed by atoms with van der Waals surface area (Å²) in [5, 5.41) is 13.3. The van der Waals surface area contributed by atoms with Crippen molar-refractivity contribution < 1.29 is 33.5 Å².